The van der Waals surface area contributed by atoms with E-state index < -0.39 is 10.6 Å². The second-order valence-electron chi connectivity index (χ2n) is 6.45. The summed E-state index contributed by atoms with van der Waals surface area (Å²) < 4.78 is 11.5. The predicted octanol–water partition coefficient (Wildman–Crippen LogP) is 5.13. The van der Waals surface area contributed by atoms with Gasteiger partial charge in [-0.05, 0) is 49.2 Å². The van der Waals surface area contributed by atoms with E-state index in [0.29, 0.717) is 17.0 Å². The van der Waals surface area contributed by atoms with Crippen molar-refractivity contribution in [1.29, 1.82) is 0 Å². The summed E-state index contributed by atoms with van der Waals surface area (Å²) in [5, 5.41) is 12.6. The van der Waals surface area contributed by atoms with E-state index in [1.165, 1.54) is 6.33 Å². The molecule has 2 aromatic heterocycles. The van der Waals surface area contributed by atoms with Gasteiger partial charge >= 0.3 is 17.4 Å². The average Bonchev–Trinajstić information content (AvgIpc) is 2.67. The van der Waals surface area contributed by atoms with Crippen LogP contribution in [0.3, 0.4) is 0 Å². The lowest BCUT2D eigenvalue weighted by molar-refractivity contribution is -0.387. The molecule has 0 unspecified atom stereocenters. The van der Waals surface area contributed by atoms with E-state index >= 15 is 0 Å². The van der Waals surface area contributed by atoms with Gasteiger partial charge in [0.1, 0.15) is 17.6 Å². The van der Waals surface area contributed by atoms with Crippen LogP contribution in [0.15, 0.2) is 61.1 Å². The summed E-state index contributed by atoms with van der Waals surface area (Å²) in [6.45, 7) is 3.83. The first kappa shape index (κ1) is 18.3. The molecule has 0 atom stereocenters. The lowest BCUT2D eigenvalue weighted by Crippen LogP contribution is -2.01. The van der Waals surface area contributed by atoms with E-state index in [9.17, 15) is 10.1 Å². The molecule has 4 aromatic rings. The van der Waals surface area contributed by atoms with Crippen LogP contribution in [0.5, 0.6) is 23.3 Å². The zero-order valence-corrected chi connectivity index (χ0v) is 15.7. The minimum absolute atomic E-state index is 0.196. The molecule has 8 nitrogen and oxygen atoms in total. The molecule has 2 heterocycles. The maximum atomic E-state index is 11.8. The number of para-hydroxylation sites is 1. The van der Waals surface area contributed by atoms with Crippen LogP contribution in [0, 0.1) is 24.0 Å². The molecule has 4 rings (SSSR count). The number of pyridine rings is 1. The number of nitrogens with zero attached hydrogens (tertiary/aromatic N) is 4. The number of nitro groups is 1. The molecule has 0 aliphatic carbocycles. The smallest absolute Gasteiger partial charge is 0.393 e. The maximum Gasteiger partial charge on any atom is 0.393 e. The molecule has 2 aromatic carbocycles. The van der Waals surface area contributed by atoms with Crippen LogP contribution in [-0.4, -0.2) is 19.9 Å². The lowest BCUT2D eigenvalue weighted by atomic mass is 10.1. The van der Waals surface area contributed by atoms with E-state index in [0.717, 1.165) is 16.5 Å². The highest BCUT2D eigenvalue weighted by atomic mass is 16.6. The molecule has 0 aliphatic rings. The van der Waals surface area contributed by atoms with Crippen molar-refractivity contribution in [2.45, 2.75) is 13.8 Å². The van der Waals surface area contributed by atoms with Gasteiger partial charge in [0.15, 0.2) is 5.75 Å². The molecule has 0 N–H and O–H groups in total. The van der Waals surface area contributed by atoms with Crippen LogP contribution >= 0.6 is 0 Å². The number of ether oxygens (including phenoxy) is 2. The Labute approximate surface area is 165 Å². The third kappa shape index (κ3) is 3.81. The highest BCUT2D eigenvalue weighted by molar-refractivity contribution is 5.84. The molecule has 29 heavy (non-hydrogen) atoms. The Morgan fingerprint density at radius 1 is 0.897 bits per heavy atom. The van der Waals surface area contributed by atoms with Gasteiger partial charge in [0, 0.05) is 11.6 Å². The SMILES string of the molecule is Cc1cc(C)cc(Oc2ncnc(Oc3cccc4cccnc34)c2[N+](=O)[O-])c1. The first-order valence-electron chi connectivity index (χ1n) is 8.78. The standard InChI is InChI=1S/C21H16N4O4/c1-13-9-14(2)11-16(10-13)28-20-19(25(26)27)21(24-12-23-20)29-17-7-3-5-15-6-4-8-22-18(15)17/h3-12H,1-2H3. The Morgan fingerprint density at radius 3 is 2.31 bits per heavy atom. The van der Waals surface area contributed by atoms with Crippen LogP contribution in [-0.2, 0) is 0 Å². The van der Waals surface area contributed by atoms with Crippen LogP contribution < -0.4 is 9.47 Å². The quantitative estimate of drug-likeness (QED) is 0.345. The fourth-order valence-corrected chi connectivity index (χ4v) is 3.02. The summed E-state index contributed by atoms with van der Waals surface area (Å²) in [4.78, 5) is 23.3. The molecule has 0 saturated carbocycles. The Hall–Kier alpha value is -4.07. The molecule has 0 amide bonds. The van der Waals surface area contributed by atoms with Gasteiger partial charge in [0.2, 0.25) is 0 Å². The number of hydrogen-bond donors (Lipinski definition) is 0. The Morgan fingerprint density at radius 2 is 1.59 bits per heavy atom. The van der Waals surface area contributed by atoms with Crippen molar-refractivity contribution in [3.63, 3.8) is 0 Å². The molecule has 0 fully saturated rings. The molecule has 0 saturated heterocycles. The van der Waals surface area contributed by atoms with Gasteiger partial charge in [-0.3, -0.25) is 15.1 Å². The third-order valence-electron chi connectivity index (χ3n) is 4.15. The van der Waals surface area contributed by atoms with Crippen LogP contribution in [0.25, 0.3) is 10.9 Å². The molecule has 0 aliphatic heterocycles. The van der Waals surface area contributed by atoms with Crippen molar-refractivity contribution < 1.29 is 14.4 Å². The number of aryl methyl sites for hydroxylation is 2. The zero-order chi connectivity index (χ0) is 20.4. The van der Waals surface area contributed by atoms with E-state index in [1.807, 2.05) is 32.0 Å². The van der Waals surface area contributed by atoms with Gasteiger partial charge in [-0.25, -0.2) is 0 Å². The van der Waals surface area contributed by atoms with Crippen molar-refractivity contribution in [3.8, 4) is 23.3 Å². The normalized spacial score (nSPS) is 10.7. The number of benzene rings is 2. The Kier molecular flexibility index (Phi) is 4.74. The van der Waals surface area contributed by atoms with Crippen molar-refractivity contribution in [3.05, 3.63) is 82.3 Å². The maximum absolute atomic E-state index is 11.8. The fourth-order valence-electron chi connectivity index (χ4n) is 3.02. The molecule has 0 bridgehead atoms. The highest BCUT2D eigenvalue weighted by Gasteiger charge is 2.27. The van der Waals surface area contributed by atoms with Crippen LogP contribution in [0.4, 0.5) is 5.69 Å². The second-order valence-corrected chi connectivity index (χ2v) is 6.45. The van der Waals surface area contributed by atoms with E-state index in [1.54, 1.807) is 36.5 Å². The first-order chi connectivity index (χ1) is 14.0. The predicted molar refractivity (Wildman–Crippen MR) is 106 cm³/mol. The van der Waals surface area contributed by atoms with Crippen LogP contribution in [0.1, 0.15) is 11.1 Å². The van der Waals surface area contributed by atoms with Gasteiger partial charge in [0.25, 0.3) is 0 Å². The van der Waals surface area contributed by atoms with Crippen LogP contribution in [0.2, 0.25) is 0 Å². The van der Waals surface area contributed by atoms with Crippen molar-refractivity contribution in [1.82, 2.24) is 15.0 Å². The van der Waals surface area contributed by atoms with Gasteiger partial charge in [-0.1, -0.05) is 24.3 Å². The monoisotopic (exact) mass is 388 g/mol. The summed E-state index contributed by atoms with van der Waals surface area (Å²) in [7, 11) is 0. The van der Waals surface area contributed by atoms with Gasteiger partial charge in [-0.2, -0.15) is 9.97 Å². The molecule has 8 heteroatoms. The number of hydrogen-bond acceptors (Lipinski definition) is 7. The summed E-state index contributed by atoms with van der Waals surface area (Å²) in [6, 6.07) is 14.5. The Bertz CT molecular complexity index is 1200. The van der Waals surface area contributed by atoms with E-state index in [-0.39, 0.29) is 11.8 Å². The topological polar surface area (TPSA) is 100 Å². The average molecular weight is 388 g/mol. The molecular weight excluding hydrogens is 372 g/mol. The minimum atomic E-state index is -0.619. The third-order valence-corrected chi connectivity index (χ3v) is 4.15. The molecule has 144 valence electrons. The van der Waals surface area contributed by atoms with E-state index in [2.05, 4.69) is 15.0 Å². The lowest BCUT2D eigenvalue weighted by Gasteiger charge is -2.10. The summed E-state index contributed by atoms with van der Waals surface area (Å²) in [6.07, 6.45) is 2.79. The van der Waals surface area contributed by atoms with Gasteiger partial charge in [0.05, 0.1) is 4.92 Å². The van der Waals surface area contributed by atoms with E-state index in [4.69, 9.17) is 9.47 Å². The summed E-state index contributed by atoms with van der Waals surface area (Å²) >= 11 is 0. The summed E-state index contributed by atoms with van der Waals surface area (Å²) in [5.41, 5.74) is 2.05. The number of aromatic nitrogens is 3. The van der Waals surface area contributed by atoms with Crippen molar-refractivity contribution in [2.24, 2.45) is 0 Å². The second kappa shape index (κ2) is 7.51. The molecule has 0 spiro atoms. The van der Waals surface area contributed by atoms with Crippen molar-refractivity contribution >= 4 is 16.6 Å². The summed E-state index contributed by atoms with van der Waals surface area (Å²) in [5.74, 6) is 0.380. The molecular formula is C21H16N4O4. The Balaban J connectivity index is 1.76. The fraction of sp³-hybridized carbons (Fsp3) is 0.0952. The first-order valence-corrected chi connectivity index (χ1v) is 8.78. The highest BCUT2D eigenvalue weighted by Crippen LogP contribution is 2.39. The zero-order valence-electron chi connectivity index (χ0n) is 15.7. The number of rotatable bonds is 5. The molecule has 0 radical (unpaired) electrons. The largest absolute Gasteiger partial charge is 0.433 e. The van der Waals surface area contributed by atoms with Gasteiger partial charge in [-0.15, -0.1) is 0 Å². The number of fused-ring (bicyclic) bond motifs is 1. The minimum Gasteiger partial charge on any atom is -0.433 e. The van der Waals surface area contributed by atoms with Gasteiger partial charge < -0.3 is 9.47 Å². The van der Waals surface area contributed by atoms with Crippen molar-refractivity contribution in [2.75, 3.05) is 0 Å².